The Labute approximate surface area is 182 Å². The maximum Gasteiger partial charge on any atom is 0.227 e. The molecule has 0 radical (unpaired) electrons. The first-order chi connectivity index (χ1) is 14.0. The summed E-state index contributed by atoms with van der Waals surface area (Å²) in [6, 6.07) is -0.712. The van der Waals surface area contributed by atoms with Crippen LogP contribution in [-0.2, 0) is 19.2 Å². The van der Waals surface area contributed by atoms with Gasteiger partial charge in [0.15, 0.2) is 11.6 Å². The molecule has 0 aromatic heterocycles. The number of ketones is 3. The van der Waals surface area contributed by atoms with Crippen molar-refractivity contribution in [2.75, 3.05) is 13.6 Å². The van der Waals surface area contributed by atoms with Crippen LogP contribution in [-0.4, -0.2) is 53.8 Å². The van der Waals surface area contributed by atoms with Gasteiger partial charge in [0.25, 0.3) is 0 Å². The number of carbonyl (C=O) groups excluding carboxylic acids is 4. The van der Waals surface area contributed by atoms with E-state index < -0.39 is 12.0 Å². The van der Waals surface area contributed by atoms with E-state index in [4.69, 9.17) is 0 Å². The van der Waals surface area contributed by atoms with E-state index in [9.17, 15) is 19.2 Å². The van der Waals surface area contributed by atoms with Crippen LogP contribution in [0.2, 0.25) is 0 Å². The average Bonchev–Trinajstić information content (AvgIpc) is 3.15. The number of rotatable bonds is 13. The molecule has 0 saturated carbocycles. The van der Waals surface area contributed by atoms with Gasteiger partial charge in [0.2, 0.25) is 5.91 Å². The molecular formula is C24H42N2O4. The van der Waals surface area contributed by atoms with Crippen LogP contribution < -0.4 is 5.32 Å². The van der Waals surface area contributed by atoms with Crippen molar-refractivity contribution in [3.63, 3.8) is 0 Å². The fourth-order valence-electron chi connectivity index (χ4n) is 4.48. The van der Waals surface area contributed by atoms with E-state index in [1.807, 2.05) is 34.6 Å². The van der Waals surface area contributed by atoms with Gasteiger partial charge in [-0.2, -0.15) is 0 Å². The average molecular weight is 423 g/mol. The highest BCUT2D eigenvalue weighted by Gasteiger charge is 2.39. The number of likely N-dealkylation sites (N-methyl/N-ethyl adjacent to an activating group) is 1. The van der Waals surface area contributed by atoms with Crippen molar-refractivity contribution in [3.05, 3.63) is 0 Å². The molecule has 172 valence electrons. The second-order valence-corrected chi connectivity index (χ2v) is 9.57. The van der Waals surface area contributed by atoms with Crippen LogP contribution in [0.1, 0.15) is 80.1 Å². The fourth-order valence-corrected chi connectivity index (χ4v) is 4.48. The Morgan fingerprint density at radius 3 is 2.17 bits per heavy atom. The van der Waals surface area contributed by atoms with Crippen molar-refractivity contribution < 1.29 is 19.2 Å². The van der Waals surface area contributed by atoms with Gasteiger partial charge in [-0.15, -0.1) is 0 Å². The van der Waals surface area contributed by atoms with Crippen LogP contribution in [0.25, 0.3) is 0 Å². The zero-order valence-corrected chi connectivity index (χ0v) is 20.0. The Balaban J connectivity index is 2.93. The van der Waals surface area contributed by atoms with E-state index in [2.05, 4.69) is 5.32 Å². The van der Waals surface area contributed by atoms with E-state index >= 15 is 0 Å². The van der Waals surface area contributed by atoms with Crippen molar-refractivity contribution in [3.8, 4) is 0 Å². The lowest BCUT2D eigenvalue weighted by molar-refractivity contribution is -0.144. The Morgan fingerprint density at radius 2 is 1.70 bits per heavy atom. The van der Waals surface area contributed by atoms with Crippen molar-refractivity contribution >= 4 is 23.3 Å². The maximum absolute atomic E-state index is 13.4. The predicted octanol–water partition coefficient (Wildman–Crippen LogP) is 3.42. The number of nitrogens with one attached hydrogen (secondary N) is 1. The van der Waals surface area contributed by atoms with Crippen LogP contribution >= 0.6 is 0 Å². The number of amides is 1. The summed E-state index contributed by atoms with van der Waals surface area (Å²) in [5.41, 5.74) is 0. The molecule has 1 amide bonds. The van der Waals surface area contributed by atoms with Gasteiger partial charge in [0, 0.05) is 31.2 Å². The molecule has 6 heteroatoms. The molecule has 0 spiro atoms. The Bertz CT molecular complexity index is 610. The molecule has 0 unspecified atom stereocenters. The first-order valence-electron chi connectivity index (χ1n) is 11.6. The third-order valence-electron chi connectivity index (χ3n) is 6.37. The summed E-state index contributed by atoms with van der Waals surface area (Å²) < 4.78 is 0. The first-order valence-corrected chi connectivity index (χ1v) is 11.6. The van der Waals surface area contributed by atoms with Crippen molar-refractivity contribution in [1.82, 2.24) is 10.2 Å². The standard InChI is InChI=1S/C24H42N2O4/c1-8-20(25-7)22(28)14-19(16(4)5)24(30)26-11-9-10-21(26)23(29)13-18(17(6)27)12-15(2)3/h15-16,18-21,25H,8-14H2,1-7H3/t18-,19+,20+,21+/m1/s1. The lowest BCUT2D eigenvalue weighted by Crippen LogP contribution is -2.46. The summed E-state index contributed by atoms with van der Waals surface area (Å²) in [7, 11) is 1.76. The molecule has 0 aromatic rings. The third kappa shape index (κ3) is 7.29. The molecule has 1 aliphatic heterocycles. The van der Waals surface area contributed by atoms with E-state index in [1.54, 1.807) is 18.9 Å². The van der Waals surface area contributed by atoms with Crippen molar-refractivity contribution in [1.29, 1.82) is 0 Å². The van der Waals surface area contributed by atoms with Gasteiger partial charge in [-0.3, -0.25) is 19.2 Å². The molecule has 4 atom stereocenters. The van der Waals surface area contributed by atoms with Crippen molar-refractivity contribution in [2.45, 2.75) is 92.2 Å². The molecule has 0 aromatic carbocycles. The molecular weight excluding hydrogens is 380 g/mol. The van der Waals surface area contributed by atoms with Crippen LogP contribution in [0.15, 0.2) is 0 Å². The molecule has 0 bridgehead atoms. The summed E-state index contributed by atoms with van der Waals surface area (Å²) in [4.78, 5) is 52.8. The van der Waals surface area contributed by atoms with Gasteiger partial charge < -0.3 is 10.2 Å². The lowest BCUT2D eigenvalue weighted by atomic mass is 9.85. The van der Waals surface area contributed by atoms with Gasteiger partial charge >= 0.3 is 0 Å². The molecule has 1 saturated heterocycles. The van der Waals surface area contributed by atoms with Crippen LogP contribution in [0.5, 0.6) is 0 Å². The van der Waals surface area contributed by atoms with Gasteiger partial charge in [-0.1, -0.05) is 34.6 Å². The number of Topliss-reactive ketones (excluding diaryl/α,β-unsaturated/α-hetero) is 3. The quantitative estimate of drug-likeness (QED) is 0.492. The highest BCUT2D eigenvalue weighted by Crippen LogP contribution is 2.28. The van der Waals surface area contributed by atoms with E-state index in [0.717, 1.165) is 6.42 Å². The minimum Gasteiger partial charge on any atom is -0.332 e. The first kappa shape index (κ1) is 26.5. The molecule has 6 nitrogen and oxygen atoms in total. The Morgan fingerprint density at radius 1 is 1.07 bits per heavy atom. The summed E-state index contributed by atoms with van der Waals surface area (Å²) in [6.07, 6.45) is 3.18. The predicted molar refractivity (Wildman–Crippen MR) is 119 cm³/mol. The largest absolute Gasteiger partial charge is 0.332 e. The summed E-state index contributed by atoms with van der Waals surface area (Å²) >= 11 is 0. The number of hydrogen-bond donors (Lipinski definition) is 1. The lowest BCUT2D eigenvalue weighted by Gasteiger charge is -2.31. The second-order valence-electron chi connectivity index (χ2n) is 9.57. The SMILES string of the molecule is CC[C@H](NC)C(=O)C[C@H](C(=O)N1CCC[C@H]1C(=O)C[C@@H](CC(C)C)C(C)=O)C(C)C. The highest BCUT2D eigenvalue weighted by atomic mass is 16.2. The van der Waals surface area contributed by atoms with Crippen LogP contribution in [0, 0.1) is 23.7 Å². The molecule has 1 N–H and O–H groups in total. The smallest absolute Gasteiger partial charge is 0.227 e. The summed E-state index contributed by atoms with van der Waals surface area (Å²) in [6.45, 7) is 12.0. The molecule has 1 rings (SSSR count). The molecule has 0 aliphatic carbocycles. The maximum atomic E-state index is 13.4. The molecule has 30 heavy (non-hydrogen) atoms. The zero-order chi connectivity index (χ0) is 23.0. The minimum absolute atomic E-state index is 0.0121. The number of nitrogens with zero attached hydrogens (tertiary/aromatic N) is 1. The van der Waals surface area contributed by atoms with Gasteiger partial charge in [-0.25, -0.2) is 0 Å². The summed E-state index contributed by atoms with van der Waals surface area (Å²) in [5.74, 6) is -0.383. The minimum atomic E-state index is -0.464. The Hall–Kier alpha value is -1.56. The second kappa shape index (κ2) is 12.3. The highest BCUT2D eigenvalue weighted by molar-refractivity contribution is 5.95. The third-order valence-corrected chi connectivity index (χ3v) is 6.37. The number of hydrogen-bond acceptors (Lipinski definition) is 5. The molecule has 1 heterocycles. The monoisotopic (exact) mass is 422 g/mol. The Kier molecular flexibility index (Phi) is 10.9. The van der Waals surface area contributed by atoms with E-state index in [1.165, 1.54) is 0 Å². The fraction of sp³-hybridized carbons (Fsp3) is 0.833. The van der Waals surface area contributed by atoms with Gasteiger partial charge in [0.1, 0.15) is 5.78 Å². The topological polar surface area (TPSA) is 83.6 Å². The van der Waals surface area contributed by atoms with Gasteiger partial charge in [0.05, 0.1) is 12.1 Å². The number of likely N-dealkylation sites (tertiary alicyclic amines) is 1. The molecule has 1 fully saturated rings. The van der Waals surface area contributed by atoms with Gasteiger partial charge in [-0.05, 0) is 51.5 Å². The molecule has 1 aliphatic rings. The van der Waals surface area contributed by atoms with Crippen LogP contribution in [0.3, 0.4) is 0 Å². The number of carbonyl (C=O) groups is 4. The van der Waals surface area contributed by atoms with E-state index in [-0.39, 0.29) is 54.0 Å². The van der Waals surface area contributed by atoms with E-state index in [0.29, 0.717) is 31.7 Å². The normalized spacial score (nSPS) is 19.8. The van der Waals surface area contributed by atoms with Crippen LogP contribution in [0.4, 0.5) is 0 Å². The zero-order valence-electron chi connectivity index (χ0n) is 20.0. The summed E-state index contributed by atoms with van der Waals surface area (Å²) in [5, 5.41) is 3.02. The van der Waals surface area contributed by atoms with Crippen molar-refractivity contribution in [2.24, 2.45) is 23.7 Å².